The van der Waals surface area contributed by atoms with Crippen molar-refractivity contribution in [3.8, 4) is 0 Å². The van der Waals surface area contributed by atoms with Gasteiger partial charge in [0.05, 0.1) is 5.56 Å². The summed E-state index contributed by atoms with van der Waals surface area (Å²) in [5.74, 6) is -1.04. The second-order valence-corrected chi connectivity index (χ2v) is 3.63. The Balaban J connectivity index is 3.09. The molecular weight excluding hydrogens is 229 g/mol. The summed E-state index contributed by atoms with van der Waals surface area (Å²) in [5, 5.41) is 8.81. The summed E-state index contributed by atoms with van der Waals surface area (Å²) >= 11 is 4.00. The molecule has 0 fully saturated rings. The SMILES string of the molecule is Nc1cc(F)c(C=CCCS)cc1C(=O)O. The average molecular weight is 241 g/mol. The van der Waals surface area contributed by atoms with Crippen molar-refractivity contribution >= 4 is 30.4 Å². The maximum Gasteiger partial charge on any atom is 0.337 e. The fourth-order valence-corrected chi connectivity index (χ4v) is 1.35. The van der Waals surface area contributed by atoms with Gasteiger partial charge >= 0.3 is 5.97 Å². The Bertz CT molecular complexity index is 432. The van der Waals surface area contributed by atoms with Crippen LogP contribution in [-0.2, 0) is 0 Å². The minimum absolute atomic E-state index is 0.0728. The first-order valence-electron chi connectivity index (χ1n) is 4.66. The van der Waals surface area contributed by atoms with Gasteiger partial charge in [0.1, 0.15) is 5.82 Å². The van der Waals surface area contributed by atoms with Crippen LogP contribution in [0.2, 0.25) is 0 Å². The normalized spacial score (nSPS) is 10.9. The Labute approximate surface area is 98.2 Å². The molecule has 0 aliphatic rings. The molecule has 0 aromatic heterocycles. The Kier molecular flexibility index (Phi) is 4.37. The van der Waals surface area contributed by atoms with Gasteiger partial charge in [-0.3, -0.25) is 0 Å². The van der Waals surface area contributed by atoms with Crippen LogP contribution in [-0.4, -0.2) is 16.8 Å². The van der Waals surface area contributed by atoms with Gasteiger partial charge in [-0.25, -0.2) is 9.18 Å². The Morgan fingerprint density at radius 1 is 1.56 bits per heavy atom. The lowest BCUT2D eigenvalue weighted by molar-refractivity contribution is 0.0698. The number of benzene rings is 1. The van der Waals surface area contributed by atoms with E-state index < -0.39 is 11.8 Å². The zero-order chi connectivity index (χ0) is 12.1. The first-order chi connectivity index (χ1) is 7.56. The number of allylic oxidation sites excluding steroid dienone is 1. The van der Waals surface area contributed by atoms with Crippen LogP contribution in [0.15, 0.2) is 18.2 Å². The van der Waals surface area contributed by atoms with Crippen LogP contribution in [0.4, 0.5) is 10.1 Å². The van der Waals surface area contributed by atoms with Crippen LogP contribution in [0.3, 0.4) is 0 Å². The van der Waals surface area contributed by atoms with Crippen molar-refractivity contribution in [2.45, 2.75) is 6.42 Å². The van der Waals surface area contributed by atoms with Gasteiger partial charge in [-0.1, -0.05) is 12.2 Å². The van der Waals surface area contributed by atoms with Crippen LogP contribution >= 0.6 is 12.6 Å². The number of carboxylic acid groups (broad SMARTS) is 1. The molecule has 3 nitrogen and oxygen atoms in total. The number of thiol groups is 1. The number of anilines is 1. The third-order valence-electron chi connectivity index (χ3n) is 1.99. The number of rotatable bonds is 4. The molecule has 0 atom stereocenters. The molecule has 0 bridgehead atoms. The highest BCUT2D eigenvalue weighted by Gasteiger charge is 2.11. The summed E-state index contributed by atoms with van der Waals surface area (Å²) in [6, 6.07) is 2.24. The highest BCUT2D eigenvalue weighted by molar-refractivity contribution is 7.80. The smallest absolute Gasteiger partial charge is 0.337 e. The number of hydrogen-bond donors (Lipinski definition) is 3. The number of carboxylic acids is 1. The molecule has 0 saturated carbocycles. The quantitative estimate of drug-likeness (QED) is 0.560. The summed E-state index contributed by atoms with van der Waals surface area (Å²) in [7, 11) is 0. The molecular formula is C11H12FNO2S. The molecule has 0 radical (unpaired) electrons. The molecule has 5 heteroatoms. The number of carbonyl (C=O) groups is 1. The highest BCUT2D eigenvalue weighted by atomic mass is 32.1. The van der Waals surface area contributed by atoms with E-state index in [0.717, 1.165) is 6.07 Å². The largest absolute Gasteiger partial charge is 0.478 e. The van der Waals surface area contributed by atoms with Crippen LogP contribution in [0.25, 0.3) is 6.08 Å². The zero-order valence-electron chi connectivity index (χ0n) is 8.48. The summed E-state index contributed by atoms with van der Waals surface area (Å²) in [5.41, 5.74) is 5.44. The molecule has 3 N–H and O–H groups in total. The summed E-state index contributed by atoms with van der Waals surface area (Å²) in [6.45, 7) is 0. The Hall–Kier alpha value is -1.49. The van der Waals surface area contributed by atoms with Crippen LogP contribution in [0.5, 0.6) is 0 Å². The summed E-state index contributed by atoms with van der Waals surface area (Å²) < 4.78 is 13.4. The molecule has 1 rings (SSSR count). The van der Waals surface area contributed by atoms with Crippen LogP contribution in [0.1, 0.15) is 22.3 Å². The number of hydrogen-bond acceptors (Lipinski definition) is 3. The molecule has 0 aliphatic carbocycles. The topological polar surface area (TPSA) is 63.3 Å². The predicted octanol–water partition coefficient (Wildman–Crippen LogP) is 2.44. The second-order valence-electron chi connectivity index (χ2n) is 3.18. The van der Waals surface area contributed by atoms with Crippen molar-refractivity contribution in [3.63, 3.8) is 0 Å². The highest BCUT2D eigenvalue weighted by Crippen LogP contribution is 2.19. The van der Waals surface area contributed by atoms with Gasteiger partial charge in [0.2, 0.25) is 0 Å². The van der Waals surface area contributed by atoms with Crippen molar-refractivity contribution in [1.29, 1.82) is 0 Å². The maximum absolute atomic E-state index is 13.4. The molecule has 0 spiro atoms. The van der Waals surface area contributed by atoms with Gasteiger partial charge in [-0.15, -0.1) is 0 Å². The third kappa shape index (κ3) is 3.00. The lowest BCUT2D eigenvalue weighted by Gasteiger charge is -2.03. The van der Waals surface area contributed by atoms with Crippen molar-refractivity contribution in [3.05, 3.63) is 35.2 Å². The third-order valence-corrected chi connectivity index (χ3v) is 2.25. The van der Waals surface area contributed by atoms with E-state index in [2.05, 4.69) is 12.6 Å². The van der Waals surface area contributed by atoms with Crippen LogP contribution < -0.4 is 5.73 Å². The predicted molar refractivity (Wildman–Crippen MR) is 65.3 cm³/mol. The summed E-state index contributed by atoms with van der Waals surface area (Å²) in [6.07, 6.45) is 3.94. The average Bonchev–Trinajstić information content (AvgIpc) is 2.21. The second kappa shape index (κ2) is 5.55. The monoisotopic (exact) mass is 241 g/mol. The molecule has 16 heavy (non-hydrogen) atoms. The number of nitrogen functional groups attached to an aromatic ring is 1. The van der Waals surface area contributed by atoms with E-state index in [9.17, 15) is 9.18 Å². The lowest BCUT2D eigenvalue weighted by Crippen LogP contribution is -2.04. The van der Waals surface area contributed by atoms with Gasteiger partial charge in [0.15, 0.2) is 0 Å². The van der Waals surface area contributed by atoms with Gasteiger partial charge in [-0.2, -0.15) is 12.6 Å². The lowest BCUT2D eigenvalue weighted by atomic mass is 10.1. The van der Waals surface area contributed by atoms with Crippen molar-refractivity contribution in [2.75, 3.05) is 11.5 Å². The minimum Gasteiger partial charge on any atom is -0.478 e. The Morgan fingerprint density at radius 2 is 2.25 bits per heavy atom. The van der Waals surface area contributed by atoms with Crippen molar-refractivity contribution < 1.29 is 14.3 Å². The van der Waals surface area contributed by atoms with E-state index >= 15 is 0 Å². The van der Waals surface area contributed by atoms with E-state index in [-0.39, 0.29) is 16.8 Å². The molecule has 0 unspecified atom stereocenters. The molecule has 1 aromatic carbocycles. The summed E-state index contributed by atoms with van der Waals surface area (Å²) in [4.78, 5) is 10.8. The fraction of sp³-hybridized carbons (Fsp3) is 0.182. The van der Waals surface area contributed by atoms with Gasteiger partial charge in [0.25, 0.3) is 0 Å². The van der Waals surface area contributed by atoms with E-state index in [4.69, 9.17) is 10.8 Å². The fourth-order valence-electron chi connectivity index (χ4n) is 1.20. The molecule has 0 saturated heterocycles. The number of nitrogens with two attached hydrogens (primary N) is 1. The van der Waals surface area contributed by atoms with E-state index in [0.29, 0.717) is 12.2 Å². The van der Waals surface area contributed by atoms with Gasteiger partial charge < -0.3 is 10.8 Å². The standard InChI is InChI=1S/C11H12FNO2S/c12-9-6-10(13)8(11(14)15)5-7(9)3-1-2-4-16/h1,3,5-6,16H,2,4,13H2,(H,14,15). The van der Waals surface area contributed by atoms with Gasteiger partial charge in [-0.05, 0) is 24.3 Å². The Morgan fingerprint density at radius 3 is 2.81 bits per heavy atom. The first-order valence-corrected chi connectivity index (χ1v) is 5.29. The van der Waals surface area contributed by atoms with Crippen molar-refractivity contribution in [2.24, 2.45) is 0 Å². The molecule has 0 aliphatic heterocycles. The molecule has 0 amide bonds. The van der Waals surface area contributed by atoms with Crippen LogP contribution in [0, 0.1) is 5.82 Å². The first kappa shape index (κ1) is 12.6. The van der Waals surface area contributed by atoms with E-state index in [1.54, 1.807) is 6.08 Å². The molecule has 86 valence electrons. The molecule has 0 heterocycles. The number of aromatic carboxylic acids is 1. The minimum atomic E-state index is -1.17. The van der Waals surface area contributed by atoms with Gasteiger partial charge in [0, 0.05) is 11.3 Å². The maximum atomic E-state index is 13.4. The van der Waals surface area contributed by atoms with Crippen molar-refractivity contribution in [1.82, 2.24) is 0 Å². The molecule has 1 aromatic rings. The van der Waals surface area contributed by atoms with E-state index in [1.165, 1.54) is 12.1 Å². The number of halogens is 1. The zero-order valence-corrected chi connectivity index (χ0v) is 9.38. The van der Waals surface area contributed by atoms with E-state index in [1.807, 2.05) is 0 Å².